The Morgan fingerprint density at radius 3 is 2.40 bits per heavy atom. The van der Waals surface area contributed by atoms with Crippen molar-refractivity contribution in [2.75, 3.05) is 7.11 Å². The van der Waals surface area contributed by atoms with Crippen LogP contribution in [0.5, 0.6) is 5.75 Å². The minimum absolute atomic E-state index is 0.108. The van der Waals surface area contributed by atoms with E-state index < -0.39 is 0 Å². The van der Waals surface area contributed by atoms with Crippen molar-refractivity contribution >= 4 is 17.4 Å². The predicted octanol–water partition coefficient (Wildman–Crippen LogP) is 4.26. The fourth-order valence-corrected chi connectivity index (χ4v) is 2.85. The fourth-order valence-electron chi connectivity index (χ4n) is 2.59. The van der Waals surface area contributed by atoms with Crippen LogP contribution in [0.25, 0.3) is 0 Å². The van der Waals surface area contributed by atoms with E-state index in [1.165, 1.54) is 0 Å². The zero-order chi connectivity index (χ0) is 14.2. The Hall–Kier alpha value is -1.80. The second-order valence-corrected chi connectivity index (χ2v) is 5.53. The molecule has 1 aliphatic rings. The molecule has 0 heterocycles. The Bertz CT molecular complexity index is 645. The van der Waals surface area contributed by atoms with Crippen molar-refractivity contribution in [1.82, 2.24) is 0 Å². The quantitative estimate of drug-likeness (QED) is 0.785. The fraction of sp³-hybridized carbons (Fsp3) is 0.235. The number of hydrogen-bond acceptors (Lipinski definition) is 2. The van der Waals surface area contributed by atoms with E-state index in [1.807, 2.05) is 30.3 Å². The molecule has 0 unspecified atom stereocenters. The van der Waals surface area contributed by atoms with Gasteiger partial charge in [-0.05, 0) is 36.6 Å². The van der Waals surface area contributed by atoms with E-state index in [0.29, 0.717) is 16.3 Å². The second kappa shape index (κ2) is 4.95. The van der Waals surface area contributed by atoms with Crippen molar-refractivity contribution in [1.29, 1.82) is 0 Å². The third kappa shape index (κ3) is 2.10. The number of rotatable bonds is 4. The molecule has 0 bridgehead atoms. The number of methoxy groups -OCH3 is 1. The number of carbonyl (C=O) groups is 1. The molecule has 0 amide bonds. The van der Waals surface area contributed by atoms with E-state index in [4.69, 9.17) is 16.3 Å². The number of halogens is 1. The van der Waals surface area contributed by atoms with Crippen LogP contribution in [0.4, 0.5) is 0 Å². The summed E-state index contributed by atoms with van der Waals surface area (Å²) in [5.41, 5.74) is 1.28. The van der Waals surface area contributed by atoms with Crippen LogP contribution in [0, 0.1) is 0 Å². The van der Waals surface area contributed by atoms with Gasteiger partial charge in [0.2, 0.25) is 0 Å². The lowest BCUT2D eigenvalue weighted by atomic mass is 9.87. The number of ketones is 1. The summed E-state index contributed by atoms with van der Waals surface area (Å²) in [6, 6.07) is 15.2. The molecule has 0 radical (unpaired) electrons. The molecule has 20 heavy (non-hydrogen) atoms. The number of hydrogen-bond donors (Lipinski definition) is 0. The summed E-state index contributed by atoms with van der Waals surface area (Å²) < 4.78 is 5.12. The second-order valence-electron chi connectivity index (χ2n) is 5.12. The molecule has 1 saturated carbocycles. The van der Waals surface area contributed by atoms with Crippen LogP contribution in [0.3, 0.4) is 0 Å². The van der Waals surface area contributed by atoms with Gasteiger partial charge in [-0.1, -0.05) is 41.9 Å². The molecule has 0 aromatic heterocycles. The summed E-state index contributed by atoms with van der Waals surface area (Å²) in [6.45, 7) is 0. The minimum atomic E-state index is -0.376. The summed E-state index contributed by atoms with van der Waals surface area (Å²) in [4.78, 5) is 12.8. The lowest BCUT2D eigenvalue weighted by Crippen LogP contribution is -2.20. The average Bonchev–Trinajstić information content (AvgIpc) is 3.29. The molecule has 2 nitrogen and oxygen atoms in total. The van der Waals surface area contributed by atoms with Gasteiger partial charge in [-0.2, -0.15) is 0 Å². The van der Waals surface area contributed by atoms with Crippen molar-refractivity contribution in [3.8, 4) is 5.75 Å². The number of Topliss-reactive ketones (excluding diaryl/α,β-unsaturated/α-hetero) is 1. The molecule has 0 spiro atoms. The van der Waals surface area contributed by atoms with Crippen molar-refractivity contribution in [2.24, 2.45) is 0 Å². The number of benzene rings is 2. The van der Waals surface area contributed by atoms with Gasteiger partial charge in [0, 0.05) is 5.56 Å². The molecule has 1 aliphatic carbocycles. The van der Waals surface area contributed by atoms with E-state index in [2.05, 4.69) is 0 Å². The summed E-state index contributed by atoms with van der Waals surface area (Å²) in [5.74, 6) is 0.771. The van der Waals surface area contributed by atoms with Crippen LogP contribution < -0.4 is 4.74 Å². The largest absolute Gasteiger partial charge is 0.497 e. The van der Waals surface area contributed by atoms with Gasteiger partial charge in [-0.25, -0.2) is 0 Å². The van der Waals surface area contributed by atoms with Gasteiger partial charge in [0.15, 0.2) is 5.78 Å². The standard InChI is InChI=1S/C17H15ClO2/c1-20-13-7-8-14(15(18)11-13)16(19)17(9-10-17)12-5-3-2-4-6-12/h2-8,11H,9-10H2,1H3. The highest BCUT2D eigenvalue weighted by Crippen LogP contribution is 2.51. The maximum Gasteiger partial charge on any atom is 0.174 e. The molecule has 0 saturated heterocycles. The lowest BCUT2D eigenvalue weighted by molar-refractivity contribution is 0.0946. The highest BCUT2D eigenvalue weighted by molar-refractivity contribution is 6.34. The molecule has 3 rings (SSSR count). The molecular weight excluding hydrogens is 272 g/mol. The molecule has 2 aromatic rings. The van der Waals surface area contributed by atoms with Crippen LogP contribution in [0.1, 0.15) is 28.8 Å². The Morgan fingerprint density at radius 2 is 1.85 bits per heavy atom. The lowest BCUT2D eigenvalue weighted by Gasteiger charge is -2.15. The predicted molar refractivity (Wildman–Crippen MR) is 79.7 cm³/mol. The number of ether oxygens (including phenoxy) is 1. The molecule has 2 aromatic carbocycles. The van der Waals surface area contributed by atoms with Crippen molar-refractivity contribution in [2.45, 2.75) is 18.3 Å². The molecular formula is C17H15ClO2. The van der Waals surface area contributed by atoms with Crippen LogP contribution in [0.15, 0.2) is 48.5 Å². The van der Waals surface area contributed by atoms with Crippen LogP contribution >= 0.6 is 11.6 Å². The first kappa shape index (κ1) is 13.2. The molecule has 0 N–H and O–H groups in total. The maximum atomic E-state index is 12.8. The molecule has 3 heteroatoms. The van der Waals surface area contributed by atoms with Gasteiger partial charge in [0.05, 0.1) is 17.5 Å². The zero-order valence-corrected chi connectivity index (χ0v) is 12.0. The van der Waals surface area contributed by atoms with Crippen LogP contribution in [0.2, 0.25) is 5.02 Å². The maximum absolute atomic E-state index is 12.8. The van der Waals surface area contributed by atoms with E-state index >= 15 is 0 Å². The Kier molecular flexibility index (Phi) is 3.27. The summed E-state index contributed by atoms with van der Waals surface area (Å²) >= 11 is 6.22. The average molecular weight is 287 g/mol. The SMILES string of the molecule is COc1ccc(C(=O)C2(c3ccccc3)CC2)c(Cl)c1. The summed E-state index contributed by atoms with van der Waals surface area (Å²) in [7, 11) is 1.58. The summed E-state index contributed by atoms with van der Waals surface area (Å²) in [5, 5.41) is 0.455. The normalized spacial score (nSPS) is 15.7. The van der Waals surface area contributed by atoms with Crippen molar-refractivity contribution < 1.29 is 9.53 Å². The highest BCUT2D eigenvalue weighted by Gasteiger charge is 2.51. The van der Waals surface area contributed by atoms with E-state index in [-0.39, 0.29) is 11.2 Å². The van der Waals surface area contributed by atoms with Gasteiger partial charge in [0.1, 0.15) is 5.75 Å². The van der Waals surface area contributed by atoms with Crippen LogP contribution in [-0.4, -0.2) is 12.9 Å². The minimum Gasteiger partial charge on any atom is -0.497 e. The Labute approximate surface area is 123 Å². The monoisotopic (exact) mass is 286 g/mol. The third-order valence-corrected chi connectivity index (χ3v) is 4.24. The van der Waals surface area contributed by atoms with Gasteiger partial charge < -0.3 is 4.74 Å². The number of carbonyl (C=O) groups excluding carboxylic acids is 1. The van der Waals surface area contributed by atoms with Crippen molar-refractivity contribution in [3.63, 3.8) is 0 Å². The highest BCUT2D eigenvalue weighted by atomic mass is 35.5. The summed E-state index contributed by atoms with van der Waals surface area (Å²) in [6.07, 6.45) is 1.77. The zero-order valence-electron chi connectivity index (χ0n) is 11.2. The van der Waals surface area contributed by atoms with Crippen molar-refractivity contribution in [3.05, 3.63) is 64.7 Å². The van der Waals surface area contributed by atoms with Gasteiger partial charge in [-0.3, -0.25) is 4.79 Å². The molecule has 0 atom stereocenters. The first-order chi connectivity index (χ1) is 9.67. The Balaban J connectivity index is 1.97. The topological polar surface area (TPSA) is 26.3 Å². The van der Waals surface area contributed by atoms with Gasteiger partial charge >= 0.3 is 0 Å². The first-order valence-electron chi connectivity index (χ1n) is 6.61. The Morgan fingerprint density at radius 1 is 1.15 bits per heavy atom. The smallest absolute Gasteiger partial charge is 0.174 e. The van der Waals surface area contributed by atoms with E-state index in [0.717, 1.165) is 18.4 Å². The van der Waals surface area contributed by atoms with Gasteiger partial charge in [0.25, 0.3) is 0 Å². The van der Waals surface area contributed by atoms with E-state index in [9.17, 15) is 4.79 Å². The molecule has 102 valence electrons. The van der Waals surface area contributed by atoms with Crippen LogP contribution in [-0.2, 0) is 5.41 Å². The molecule has 1 fully saturated rings. The molecule has 0 aliphatic heterocycles. The third-order valence-electron chi connectivity index (χ3n) is 3.93. The first-order valence-corrected chi connectivity index (χ1v) is 6.99. The van der Waals surface area contributed by atoms with Gasteiger partial charge in [-0.15, -0.1) is 0 Å². The van der Waals surface area contributed by atoms with E-state index in [1.54, 1.807) is 25.3 Å².